The maximum atomic E-state index is 11.8. The molecular formula is C12H9Br2N2O-. The minimum absolute atomic E-state index is 0.552. The SMILES string of the molecule is [O-]N(Nc1ccc(Br)cc1)c1ccc(Br)cc1. The summed E-state index contributed by atoms with van der Waals surface area (Å²) in [6.45, 7) is 0. The van der Waals surface area contributed by atoms with Gasteiger partial charge in [0.05, 0.1) is 5.69 Å². The predicted octanol–water partition coefficient (Wildman–Crippen LogP) is 4.54. The predicted molar refractivity (Wildman–Crippen MR) is 77.8 cm³/mol. The Morgan fingerprint density at radius 3 is 1.82 bits per heavy atom. The Morgan fingerprint density at radius 1 is 0.824 bits per heavy atom. The van der Waals surface area contributed by atoms with Gasteiger partial charge in [0.2, 0.25) is 0 Å². The lowest BCUT2D eigenvalue weighted by atomic mass is 10.3. The summed E-state index contributed by atoms with van der Waals surface area (Å²) in [6.07, 6.45) is 0. The molecule has 17 heavy (non-hydrogen) atoms. The van der Waals surface area contributed by atoms with Gasteiger partial charge in [0.15, 0.2) is 0 Å². The van der Waals surface area contributed by atoms with Crippen LogP contribution in [0.3, 0.4) is 0 Å². The van der Waals surface area contributed by atoms with E-state index in [0.717, 1.165) is 19.8 Å². The second-order valence-corrected chi connectivity index (χ2v) is 5.22. The van der Waals surface area contributed by atoms with Crippen molar-refractivity contribution in [2.45, 2.75) is 0 Å². The molecule has 0 saturated heterocycles. The molecular weight excluding hydrogens is 348 g/mol. The van der Waals surface area contributed by atoms with Gasteiger partial charge in [-0.2, -0.15) is 0 Å². The van der Waals surface area contributed by atoms with E-state index in [1.165, 1.54) is 0 Å². The monoisotopic (exact) mass is 355 g/mol. The summed E-state index contributed by atoms with van der Waals surface area (Å²) >= 11 is 6.66. The lowest BCUT2D eigenvalue weighted by molar-refractivity contribution is 1.17. The number of hydrazine groups is 1. The van der Waals surface area contributed by atoms with E-state index in [-0.39, 0.29) is 0 Å². The van der Waals surface area contributed by atoms with Gasteiger partial charge in [0.1, 0.15) is 0 Å². The van der Waals surface area contributed by atoms with Gasteiger partial charge in [-0.05, 0) is 48.5 Å². The van der Waals surface area contributed by atoms with Crippen LogP contribution in [-0.2, 0) is 0 Å². The molecule has 0 atom stereocenters. The maximum absolute atomic E-state index is 11.8. The molecule has 0 bridgehead atoms. The van der Waals surface area contributed by atoms with Crippen LogP contribution in [0.4, 0.5) is 11.4 Å². The van der Waals surface area contributed by atoms with Crippen LogP contribution >= 0.6 is 31.9 Å². The van der Waals surface area contributed by atoms with E-state index in [9.17, 15) is 5.21 Å². The molecule has 0 radical (unpaired) electrons. The van der Waals surface area contributed by atoms with Crippen molar-refractivity contribution in [3.8, 4) is 0 Å². The van der Waals surface area contributed by atoms with Crippen LogP contribution in [0.2, 0.25) is 0 Å². The van der Waals surface area contributed by atoms with Crippen molar-refractivity contribution in [3.05, 3.63) is 62.7 Å². The van der Waals surface area contributed by atoms with Crippen LogP contribution in [0, 0.1) is 5.21 Å². The molecule has 0 spiro atoms. The summed E-state index contributed by atoms with van der Waals surface area (Å²) in [4.78, 5) is 0. The molecule has 0 fully saturated rings. The van der Waals surface area contributed by atoms with Gasteiger partial charge in [0.25, 0.3) is 0 Å². The smallest absolute Gasteiger partial charge is 0.0534 e. The second-order valence-electron chi connectivity index (χ2n) is 3.39. The fraction of sp³-hybridized carbons (Fsp3) is 0. The first-order valence-corrected chi connectivity index (χ1v) is 6.49. The summed E-state index contributed by atoms with van der Waals surface area (Å²) in [5, 5.41) is 12.5. The van der Waals surface area contributed by atoms with E-state index in [0.29, 0.717) is 5.69 Å². The summed E-state index contributed by atoms with van der Waals surface area (Å²) in [7, 11) is 0. The average Bonchev–Trinajstić information content (AvgIpc) is 2.33. The van der Waals surface area contributed by atoms with E-state index >= 15 is 0 Å². The zero-order valence-electron chi connectivity index (χ0n) is 8.73. The molecule has 88 valence electrons. The molecule has 2 aromatic carbocycles. The van der Waals surface area contributed by atoms with Crippen molar-refractivity contribution >= 4 is 43.2 Å². The van der Waals surface area contributed by atoms with E-state index < -0.39 is 0 Å². The largest absolute Gasteiger partial charge is 0.739 e. The third-order valence-corrected chi connectivity index (χ3v) is 3.19. The lowest BCUT2D eigenvalue weighted by Crippen LogP contribution is -2.22. The number of halogens is 2. The van der Waals surface area contributed by atoms with E-state index in [2.05, 4.69) is 37.3 Å². The molecule has 5 heteroatoms. The van der Waals surface area contributed by atoms with Crippen LogP contribution < -0.4 is 10.6 Å². The van der Waals surface area contributed by atoms with Crippen molar-refractivity contribution in [3.63, 3.8) is 0 Å². The highest BCUT2D eigenvalue weighted by molar-refractivity contribution is 9.10. The van der Waals surface area contributed by atoms with Gasteiger partial charge in [-0.3, -0.25) is 0 Å². The Bertz CT molecular complexity index is 485. The fourth-order valence-electron chi connectivity index (χ4n) is 1.28. The molecule has 0 aromatic heterocycles. The van der Waals surface area contributed by atoms with Gasteiger partial charge in [-0.15, -0.1) is 0 Å². The van der Waals surface area contributed by atoms with Gasteiger partial charge >= 0.3 is 0 Å². The fourth-order valence-corrected chi connectivity index (χ4v) is 1.81. The molecule has 0 amide bonds. The summed E-state index contributed by atoms with van der Waals surface area (Å²) < 4.78 is 1.92. The zero-order valence-corrected chi connectivity index (χ0v) is 11.9. The Balaban J connectivity index is 2.08. The van der Waals surface area contributed by atoms with Gasteiger partial charge in [-0.25, -0.2) is 0 Å². The Morgan fingerprint density at radius 2 is 1.29 bits per heavy atom. The highest BCUT2D eigenvalue weighted by Crippen LogP contribution is 2.20. The lowest BCUT2D eigenvalue weighted by Gasteiger charge is -2.31. The minimum atomic E-state index is 0.552. The zero-order chi connectivity index (χ0) is 12.3. The van der Waals surface area contributed by atoms with Crippen LogP contribution in [0.25, 0.3) is 0 Å². The molecule has 0 unspecified atom stereocenters. The minimum Gasteiger partial charge on any atom is -0.739 e. The van der Waals surface area contributed by atoms with Crippen molar-refractivity contribution in [2.24, 2.45) is 0 Å². The molecule has 0 heterocycles. The second kappa shape index (κ2) is 5.53. The molecule has 0 aliphatic carbocycles. The highest BCUT2D eigenvalue weighted by Gasteiger charge is 1.96. The van der Waals surface area contributed by atoms with Crippen molar-refractivity contribution in [1.82, 2.24) is 0 Å². The summed E-state index contributed by atoms with van der Waals surface area (Å²) in [5.41, 5.74) is 4.04. The quantitative estimate of drug-likeness (QED) is 0.820. The van der Waals surface area contributed by atoms with E-state index in [1.807, 2.05) is 36.4 Å². The standard InChI is InChI=1S/C12H9Br2N2O/c13-9-1-5-11(6-2-9)15-16(17)12-7-3-10(14)4-8-12/h1-8,15H/q-1. The number of hydrogen-bond acceptors (Lipinski definition) is 3. The first-order valence-electron chi connectivity index (χ1n) is 4.90. The first kappa shape index (κ1) is 12.4. The van der Waals surface area contributed by atoms with E-state index in [1.54, 1.807) is 12.1 Å². The van der Waals surface area contributed by atoms with Gasteiger partial charge in [-0.1, -0.05) is 31.9 Å². The van der Waals surface area contributed by atoms with Gasteiger partial charge < -0.3 is 15.8 Å². The number of nitrogens with zero attached hydrogens (tertiary/aromatic N) is 1. The molecule has 0 aliphatic heterocycles. The van der Waals surface area contributed by atoms with Crippen molar-refractivity contribution in [2.75, 3.05) is 10.6 Å². The van der Waals surface area contributed by atoms with Crippen LogP contribution in [-0.4, -0.2) is 0 Å². The first-order chi connectivity index (χ1) is 8.15. The molecule has 1 N–H and O–H groups in total. The van der Waals surface area contributed by atoms with Crippen LogP contribution in [0.1, 0.15) is 0 Å². The number of hydrogen-bond donors (Lipinski definition) is 1. The number of benzene rings is 2. The summed E-state index contributed by atoms with van der Waals surface area (Å²) in [6, 6.07) is 14.5. The average molecular weight is 357 g/mol. The topological polar surface area (TPSA) is 38.3 Å². The molecule has 2 rings (SSSR count). The third kappa shape index (κ3) is 3.46. The molecule has 0 saturated carbocycles. The third-order valence-electron chi connectivity index (χ3n) is 2.14. The Labute approximate surface area is 116 Å². The summed E-state index contributed by atoms with van der Waals surface area (Å²) in [5.74, 6) is 0. The molecule has 2 aromatic rings. The Hall–Kier alpha value is -1.04. The normalized spacial score (nSPS) is 10.1. The number of nitrogens with one attached hydrogen (secondary N) is 1. The molecule has 0 aliphatic rings. The highest BCUT2D eigenvalue weighted by atomic mass is 79.9. The van der Waals surface area contributed by atoms with E-state index in [4.69, 9.17) is 0 Å². The van der Waals surface area contributed by atoms with Gasteiger partial charge in [0, 0.05) is 14.6 Å². The number of anilines is 2. The van der Waals surface area contributed by atoms with Crippen molar-refractivity contribution in [1.29, 1.82) is 0 Å². The van der Waals surface area contributed by atoms with Crippen LogP contribution in [0.15, 0.2) is 57.5 Å². The number of rotatable bonds is 3. The van der Waals surface area contributed by atoms with Crippen molar-refractivity contribution < 1.29 is 0 Å². The molecule has 3 nitrogen and oxygen atoms in total. The van der Waals surface area contributed by atoms with Crippen LogP contribution in [0.5, 0.6) is 0 Å². The Kier molecular flexibility index (Phi) is 4.04. The maximum Gasteiger partial charge on any atom is 0.0534 e.